The monoisotopic (exact) mass is 188 g/mol. The van der Waals surface area contributed by atoms with Crippen molar-refractivity contribution in [3.63, 3.8) is 0 Å². The molecule has 13 heavy (non-hydrogen) atoms. The van der Waals surface area contributed by atoms with Crippen molar-refractivity contribution < 1.29 is 19.8 Å². The van der Waals surface area contributed by atoms with Crippen LogP contribution in [0.5, 0.6) is 0 Å². The predicted molar refractivity (Wildman–Crippen MR) is 42.2 cm³/mol. The minimum absolute atomic E-state index is 0.132. The average Bonchev–Trinajstić information content (AvgIpc) is 2.34. The summed E-state index contributed by atoms with van der Waals surface area (Å²) in [6.45, 7) is 0. The molecule has 0 atom stereocenters. The van der Waals surface area contributed by atoms with Crippen molar-refractivity contribution in [3.05, 3.63) is 12.0 Å². The maximum atomic E-state index is 10.1. The second kappa shape index (κ2) is 4.59. The first-order chi connectivity index (χ1) is 5.93. The number of carboxylic acids is 1. The molecule has 0 radical (unpaired) electrons. The number of hydrogen-bond donors (Lipinski definition) is 5. The maximum absolute atomic E-state index is 10.1. The number of H-pyrrole nitrogens is 1. The molecular weight excluding hydrogens is 180 g/mol. The highest BCUT2D eigenvalue weighted by atomic mass is 16.4. The molecule has 1 aromatic rings. The van der Waals surface area contributed by atoms with Crippen LogP contribution in [0.25, 0.3) is 0 Å². The zero-order chi connectivity index (χ0) is 10.4. The van der Waals surface area contributed by atoms with Crippen LogP contribution in [0.1, 0.15) is 10.6 Å². The first kappa shape index (κ1) is 10.8. The third-order valence-electron chi connectivity index (χ3n) is 0.798. The lowest BCUT2D eigenvalue weighted by atomic mass is 10.6. The van der Waals surface area contributed by atoms with Crippen LogP contribution in [0, 0.1) is 0 Å². The Bertz CT molecular complexity index is 303. The van der Waals surface area contributed by atoms with Gasteiger partial charge in [0.2, 0.25) is 5.82 Å². The standard InChI is InChI=1S/C4H5N3O2.CH3NO2/c5-2-1-6-3(7-2)4(8)9;2-1(3)4/h1H,5H2,(H,6,7)(H,8,9);2H2,(H,3,4). The van der Waals surface area contributed by atoms with Gasteiger partial charge in [-0.1, -0.05) is 0 Å². The van der Waals surface area contributed by atoms with E-state index in [1.807, 2.05) is 0 Å². The maximum Gasteiger partial charge on any atom is 0.402 e. The van der Waals surface area contributed by atoms with Crippen molar-refractivity contribution in [2.24, 2.45) is 5.73 Å². The molecule has 0 aromatic carbocycles. The number of anilines is 1. The summed E-state index contributed by atoms with van der Waals surface area (Å²) in [5.41, 5.74) is 9.16. The molecule has 0 aliphatic heterocycles. The molecule has 1 heterocycles. The molecule has 1 aromatic heterocycles. The van der Waals surface area contributed by atoms with Crippen LogP contribution < -0.4 is 11.5 Å². The Balaban J connectivity index is 0.000000310. The van der Waals surface area contributed by atoms with Gasteiger partial charge in [0.1, 0.15) is 5.82 Å². The summed E-state index contributed by atoms with van der Waals surface area (Å²) in [4.78, 5) is 24.6. The van der Waals surface area contributed by atoms with Crippen LogP contribution in [0.4, 0.5) is 10.6 Å². The van der Waals surface area contributed by atoms with Gasteiger partial charge in [-0.15, -0.1) is 0 Å². The lowest BCUT2D eigenvalue weighted by Gasteiger charge is -1.81. The third kappa shape index (κ3) is 5.07. The third-order valence-corrected chi connectivity index (χ3v) is 0.798. The summed E-state index contributed by atoms with van der Waals surface area (Å²) in [5.74, 6) is -0.980. The zero-order valence-electron chi connectivity index (χ0n) is 6.39. The lowest BCUT2D eigenvalue weighted by molar-refractivity contribution is 0.0685. The molecule has 7 N–H and O–H groups in total. The molecule has 0 bridgehead atoms. The van der Waals surface area contributed by atoms with E-state index in [2.05, 4.69) is 15.7 Å². The summed E-state index contributed by atoms with van der Waals surface area (Å²) >= 11 is 0. The Morgan fingerprint density at radius 1 is 1.46 bits per heavy atom. The van der Waals surface area contributed by atoms with Crippen molar-refractivity contribution in [2.45, 2.75) is 0 Å². The minimum Gasteiger partial charge on any atom is -0.475 e. The highest BCUT2D eigenvalue weighted by Crippen LogP contribution is 1.95. The van der Waals surface area contributed by atoms with Gasteiger partial charge < -0.3 is 26.7 Å². The van der Waals surface area contributed by atoms with Gasteiger partial charge in [-0.05, 0) is 0 Å². The van der Waals surface area contributed by atoms with Crippen LogP contribution in [-0.2, 0) is 0 Å². The van der Waals surface area contributed by atoms with Crippen molar-refractivity contribution >= 4 is 17.9 Å². The predicted octanol–water partition coefficient (Wildman–Crippen LogP) is -0.687. The van der Waals surface area contributed by atoms with E-state index in [1.165, 1.54) is 6.20 Å². The molecule has 72 valence electrons. The van der Waals surface area contributed by atoms with E-state index in [0.717, 1.165) is 0 Å². The number of amides is 1. The quantitative estimate of drug-likeness (QED) is 0.392. The number of nitrogens with one attached hydrogen (secondary N) is 1. The van der Waals surface area contributed by atoms with Gasteiger partial charge in [0.25, 0.3) is 0 Å². The van der Waals surface area contributed by atoms with Gasteiger partial charge in [-0.3, -0.25) is 0 Å². The number of primary amides is 1. The lowest BCUT2D eigenvalue weighted by Crippen LogP contribution is -2.03. The van der Waals surface area contributed by atoms with Gasteiger partial charge in [-0.25, -0.2) is 14.6 Å². The van der Waals surface area contributed by atoms with E-state index in [0.29, 0.717) is 0 Å². The second-order valence-corrected chi connectivity index (χ2v) is 1.83. The number of hydrogen-bond acceptors (Lipinski definition) is 4. The summed E-state index contributed by atoms with van der Waals surface area (Å²) in [5, 5.41) is 15.4. The SMILES string of the molecule is NC(=O)O.Nc1cnc(C(=O)O)[nH]1. The number of carboxylic acid groups (broad SMARTS) is 2. The molecule has 1 amide bonds. The van der Waals surface area contributed by atoms with Gasteiger partial charge >= 0.3 is 12.1 Å². The number of aromatic carboxylic acids is 1. The molecule has 8 heteroatoms. The smallest absolute Gasteiger partial charge is 0.402 e. The van der Waals surface area contributed by atoms with Crippen LogP contribution in [0.3, 0.4) is 0 Å². The number of nitrogens with two attached hydrogens (primary N) is 2. The molecular formula is C5H8N4O4. The topological polar surface area (TPSA) is 155 Å². The van der Waals surface area contributed by atoms with Gasteiger partial charge in [0.05, 0.1) is 6.20 Å². The van der Waals surface area contributed by atoms with E-state index >= 15 is 0 Å². The van der Waals surface area contributed by atoms with E-state index in [9.17, 15) is 4.79 Å². The average molecular weight is 188 g/mol. The Kier molecular flexibility index (Phi) is 3.80. The van der Waals surface area contributed by atoms with Crippen molar-refractivity contribution in [1.82, 2.24) is 9.97 Å². The number of rotatable bonds is 1. The van der Waals surface area contributed by atoms with E-state index in [-0.39, 0.29) is 11.6 Å². The number of nitrogen functional groups attached to an aromatic ring is 1. The van der Waals surface area contributed by atoms with Crippen LogP contribution in [0.15, 0.2) is 6.20 Å². The van der Waals surface area contributed by atoms with E-state index in [1.54, 1.807) is 0 Å². The van der Waals surface area contributed by atoms with Crippen molar-refractivity contribution in [1.29, 1.82) is 0 Å². The van der Waals surface area contributed by atoms with Gasteiger partial charge in [0.15, 0.2) is 0 Å². The fourth-order valence-corrected chi connectivity index (χ4v) is 0.444. The van der Waals surface area contributed by atoms with Crippen molar-refractivity contribution in [2.75, 3.05) is 5.73 Å². The van der Waals surface area contributed by atoms with Crippen molar-refractivity contribution in [3.8, 4) is 0 Å². The second-order valence-electron chi connectivity index (χ2n) is 1.83. The summed E-state index contributed by atoms with van der Waals surface area (Å²) < 4.78 is 0. The Labute approximate surface area is 72.2 Å². The molecule has 0 aliphatic carbocycles. The van der Waals surface area contributed by atoms with Gasteiger partial charge in [0, 0.05) is 0 Å². The number of aromatic amines is 1. The van der Waals surface area contributed by atoms with Crippen LogP contribution in [0.2, 0.25) is 0 Å². The van der Waals surface area contributed by atoms with Crippen LogP contribution >= 0.6 is 0 Å². The van der Waals surface area contributed by atoms with Crippen LogP contribution in [-0.4, -0.2) is 32.2 Å². The summed E-state index contributed by atoms with van der Waals surface area (Å²) in [6, 6.07) is 0. The van der Waals surface area contributed by atoms with E-state index in [4.69, 9.17) is 20.7 Å². The first-order valence-electron chi connectivity index (χ1n) is 2.95. The number of carbonyl (C=O) groups is 2. The molecule has 0 spiro atoms. The normalized spacial score (nSPS) is 8.31. The zero-order valence-corrected chi connectivity index (χ0v) is 6.39. The highest BCUT2D eigenvalue weighted by Gasteiger charge is 2.04. The largest absolute Gasteiger partial charge is 0.475 e. The molecule has 0 saturated carbocycles. The fourth-order valence-electron chi connectivity index (χ4n) is 0.444. The molecule has 1 rings (SSSR count). The molecule has 0 aliphatic rings. The fraction of sp³-hybridized carbons (Fsp3) is 0. The Morgan fingerprint density at radius 2 is 1.92 bits per heavy atom. The first-order valence-corrected chi connectivity index (χ1v) is 2.95. The van der Waals surface area contributed by atoms with E-state index < -0.39 is 12.1 Å². The highest BCUT2D eigenvalue weighted by molar-refractivity contribution is 5.83. The molecule has 8 nitrogen and oxygen atoms in total. The number of imidazole rings is 1. The molecule has 0 fully saturated rings. The summed E-state index contributed by atoms with van der Waals surface area (Å²) in [6.07, 6.45) is -0.0799. The Hall–Kier alpha value is -2.25. The number of nitrogens with zero attached hydrogens (tertiary/aromatic N) is 1. The minimum atomic E-state index is -1.33. The molecule has 0 unspecified atom stereocenters. The van der Waals surface area contributed by atoms with Gasteiger partial charge in [-0.2, -0.15) is 0 Å². The Morgan fingerprint density at radius 3 is 2.08 bits per heavy atom. The summed E-state index contributed by atoms with van der Waals surface area (Å²) in [7, 11) is 0. The molecule has 0 saturated heterocycles. The number of aromatic nitrogens is 2.